The molecular weight excluding hydrogens is 222 g/mol. The highest BCUT2D eigenvalue weighted by Gasteiger charge is 2.24. The fourth-order valence-corrected chi connectivity index (χ4v) is 2.20. The summed E-state index contributed by atoms with van der Waals surface area (Å²) in [4.78, 5) is 2.33. The van der Waals surface area contributed by atoms with Crippen molar-refractivity contribution in [3.05, 3.63) is 29.8 Å². The first-order chi connectivity index (χ1) is 8.06. The molecular formula is C13H18F2N2. The lowest BCUT2D eigenvalue weighted by atomic mass is 10.2. The first-order valence-electron chi connectivity index (χ1n) is 6.02. The molecule has 4 heteroatoms. The maximum Gasteiger partial charge on any atom is 0.146 e. The minimum absolute atomic E-state index is 0.202. The third kappa shape index (κ3) is 2.94. The largest absolute Gasteiger partial charge is 0.379 e. The van der Waals surface area contributed by atoms with Crippen LogP contribution in [0.3, 0.4) is 0 Å². The van der Waals surface area contributed by atoms with E-state index < -0.39 is 11.6 Å². The molecule has 0 bridgehead atoms. The Hall–Kier alpha value is -1.16. The van der Waals surface area contributed by atoms with Crippen LogP contribution < -0.4 is 5.32 Å². The van der Waals surface area contributed by atoms with Gasteiger partial charge in [0.05, 0.1) is 5.69 Å². The van der Waals surface area contributed by atoms with E-state index in [1.807, 2.05) is 0 Å². The van der Waals surface area contributed by atoms with Gasteiger partial charge in [-0.15, -0.1) is 0 Å². The van der Waals surface area contributed by atoms with Gasteiger partial charge in [-0.1, -0.05) is 0 Å². The Morgan fingerprint density at radius 1 is 1.35 bits per heavy atom. The van der Waals surface area contributed by atoms with Crippen molar-refractivity contribution < 1.29 is 8.78 Å². The summed E-state index contributed by atoms with van der Waals surface area (Å²) in [6.45, 7) is 6.18. The van der Waals surface area contributed by atoms with E-state index in [9.17, 15) is 8.78 Å². The summed E-state index contributed by atoms with van der Waals surface area (Å²) in [7, 11) is 0. The van der Waals surface area contributed by atoms with Crippen LogP contribution in [0.15, 0.2) is 18.2 Å². The molecule has 1 aromatic rings. The molecule has 0 amide bonds. The smallest absolute Gasteiger partial charge is 0.146 e. The van der Waals surface area contributed by atoms with Gasteiger partial charge in [-0.2, -0.15) is 0 Å². The summed E-state index contributed by atoms with van der Waals surface area (Å²) < 4.78 is 26.4. The van der Waals surface area contributed by atoms with Gasteiger partial charge in [0.2, 0.25) is 0 Å². The predicted molar refractivity (Wildman–Crippen MR) is 65.1 cm³/mol. The van der Waals surface area contributed by atoms with Gasteiger partial charge in [0.15, 0.2) is 0 Å². The summed E-state index contributed by atoms with van der Waals surface area (Å²) in [5.74, 6) is -0.804. The normalized spacial score (nSPS) is 21.1. The Bertz CT molecular complexity index is 393. The maximum atomic E-state index is 13.4. The minimum atomic E-state index is -0.410. The summed E-state index contributed by atoms with van der Waals surface area (Å²) in [5, 5.41) is 3.08. The summed E-state index contributed by atoms with van der Waals surface area (Å²) in [5.41, 5.74) is 0.264. The number of halogens is 2. The third-order valence-electron chi connectivity index (χ3n) is 3.24. The van der Waals surface area contributed by atoms with Crippen LogP contribution in [-0.2, 0) is 0 Å². The van der Waals surface area contributed by atoms with Gasteiger partial charge >= 0.3 is 0 Å². The Kier molecular flexibility index (Phi) is 3.62. The second-order valence-corrected chi connectivity index (χ2v) is 4.84. The Labute approximate surface area is 101 Å². The average Bonchev–Trinajstić information content (AvgIpc) is 2.72. The number of anilines is 1. The van der Waals surface area contributed by atoms with E-state index >= 15 is 0 Å². The lowest BCUT2D eigenvalue weighted by Crippen LogP contribution is -2.31. The van der Waals surface area contributed by atoms with Gasteiger partial charge in [0.1, 0.15) is 11.6 Å². The molecule has 94 valence electrons. The van der Waals surface area contributed by atoms with Crippen molar-refractivity contribution >= 4 is 5.69 Å². The molecule has 2 rings (SSSR count). The molecule has 0 spiro atoms. The van der Waals surface area contributed by atoms with Crippen LogP contribution in [0.2, 0.25) is 0 Å². The van der Waals surface area contributed by atoms with Crippen molar-refractivity contribution in [2.75, 3.05) is 18.4 Å². The van der Waals surface area contributed by atoms with Crippen molar-refractivity contribution in [1.29, 1.82) is 0 Å². The van der Waals surface area contributed by atoms with E-state index in [2.05, 4.69) is 24.1 Å². The number of hydrogen-bond acceptors (Lipinski definition) is 2. The highest BCUT2D eigenvalue weighted by molar-refractivity contribution is 5.46. The first-order valence-corrected chi connectivity index (χ1v) is 6.02. The quantitative estimate of drug-likeness (QED) is 0.874. The molecule has 1 heterocycles. The standard InChI is InChI=1S/C13H18F2N2/c1-9(2)17-6-5-11(8-17)16-13-7-10(14)3-4-12(13)15/h3-4,7,9,11,16H,5-6,8H2,1-2H3. The average molecular weight is 240 g/mol. The van der Waals surface area contributed by atoms with Crippen LogP contribution in [0.25, 0.3) is 0 Å². The molecule has 0 aliphatic carbocycles. The van der Waals surface area contributed by atoms with E-state index in [4.69, 9.17) is 0 Å². The van der Waals surface area contributed by atoms with Gasteiger partial charge in [0, 0.05) is 25.2 Å². The van der Waals surface area contributed by atoms with Gasteiger partial charge in [0.25, 0.3) is 0 Å². The van der Waals surface area contributed by atoms with Crippen LogP contribution in [0.5, 0.6) is 0 Å². The van der Waals surface area contributed by atoms with Gasteiger partial charge in [-0.05, 0) is 38.5 Å². The fraction of sp³-hybridized carbons (Fsp3) is 0.538. The molecule has 17 heavy (non-hydrogen) atoms. The molecule has 1 aliphatic heterocycles. The summed E-state index contributed by atoms with van der Waals surface area (Å²) in [6.07, 6.45) is 0.966. The monoisotopic (exact) mass is 240 g/mol. The van der Waals surface area contributed by atoms with Crippen molar-refractivity contribution in [1.82, 2.24) is 4.90 Å². The van der Waals surface area contributed by atoms with Crippen molar-refractivity contribution in [2.45, 2.75) is 32.4 Å². The Morgan fingerprint density at radius 2 is 2.12 bits per heavy atom. The number of benzene rings is 1. The molecule has 1 fully saturated rings. The number of likely N-dealkylation sites (tertiary alicyclic amines) is 1. The van der Waals surface area contributed by atoms with E-state index in [1.54, 1.807) is 0 Å². The Balaban J connectivity index is 2.00. The van der Waals surface area contributed by atoms with Gasteiger partial charge < -0.3 is 5.32 Å². The van der Waals surface area contributed by atoms with Crippen LogP contribution in [0, 0.1) is 11.6 Å². The van der Waals surface area contributed by atoms with E-state index in [1.165, 1.54) is 6.07 Å². The van der Waals surface area contributed by atoms with Gasteiger partial charge in [-0.3, -0.25) is 4.90 Å². The number of nitrogens with one attached hydrogen (secondary N) is 1. The molecule has 1 aromatic carbocycles. The molecule has 1 N–H and O–H groups in total. The molecule has 1 aliphatic rings. The first kappa shape index (κ1) is 12.3. The zero-order valence-electron chi connectivity index (χ0n) is 10.2. The second-order valence-electron chi connectivity index (χ2n) is 4.84. The lowest BCUT2D eigenvalue weighted by Gasteiger charge is -2.21. The summed E-state index contributed by atoms with van der Waals surface area (Å²) >= 11 is 0. The van der Waals surface area contributed by atoms with Gasteiger partial charge in [-0.25, -0.2) is 8.78 Å². The van der Waals surface area contributed by atoms with Crippen molar-refractivity contribution in [3.63, 3.8) is 0 Å². The lowest BCUT2D eigenvalue weighted by molar-refractivity contribution is 0.274. The second kappa shape index (κ2) is 5.00. The molecule has 0 radical (unpaired) electrons. The van der Waals surface area contributed by atoms with E-state index in [-0.39, 0.29) is 11.7 Å². The topological polar surface area (TPSA) is 15.3 Å². The summed E-state index contributed by atoms with van der Waals surface area (Å²) in [6, 6.07) is 4.21. The molecule has 0 aromatic heterocycles. The maximum absolute atomic E-state index is 13.4. The van der Waals surface area contributed by atoms with E-state index in [0.29, 0.717) is 6.04 Å². The van der Waals surface area contributed by atoms with E-state index in [0.717, 1.165) is 31.6 Å². The van der Waals surface area contributed by atoms with Crippen LogP contribution >= 0.6 is 0 Å². The highest BCUT2D eigenvalue weighted by atomic mass is 19.1. The minimum Gasteiger partial charge on any atom is -0.379 e. The molecule has 1 unspecified atom stereocenters. The zero-order chi connectivity index (χ0) is 12.4. The number of hydrogen-bond donors (Lipinski definition) is 1. The van der Waals surface area contributed by atoms with Crippen LogP contribution in [0.4, 0.5) is 14.5 Å². The molecule has 0 saturated carbocycles. The Morgan fingerprint density at radius 3 is 2.76 bits per heavy atom. The molecule has 2 nitrogen and oxygen atoms in total. The van der Waals surface area contributed by atoms with Crippen molar-refractivity contribution in [2.24, 2.45) is 0 Å². The molecule has 1 saturated heterocycles. The zero-order valence-corrected chi connectivity index (χ0v) is 10.2. The molecule has 1 atom stereocenters. The number of nitrogens with zero attached hydrogens (tertiary/aromatic N) is 1. The fourth-order valence-electron chi connectivity index (χ4n) is 2.20. The predicted octanol–water partition coefficient (Wildman–Crippen LogP) is 2.86. The highest BCUT2D eigenvalue weighted by Crippen LogP contribution is 2.20. The van der Waals surface area contributed by atoms with Crippen molar-refractivity contribution in [3.8, 4) is 0 Å². The van der Waals surface area contributed by atoms with Crippen LogP contribution in [0.1, 0.15) is 20.3 Å². The SMILES string of the molecule is CC(C)N1CCC(Nc2cc(F)ccc2F)C1. The van der Waals surface area contributed by atoms with Crippen LogP contribution in [-0.4, -0.2) is 30.1 Å². The number of rotatable bonds is 3. The third-order valence-corrected chi connectivity index (χ3v) is 3.24.